The molecule has 0 radical (unpaired) electrons. The highest BCUT2D eigenvalue weighted by atomic mass is 35.5. The zero-order valence-electron chi connectivity index (χ0n) is 12.2. The number of hydrogen-bond acceptors (Lipinski definition) is 4. The van der Waals surface area contributed by atoms with E-state index >= 15 is 0 Å². The Labute approximate surface area is 129 Å². The number of carbonyl (C=O) groups excluding carboxylic acids is 2. The predicted molar refractivity (Wildman–Crippen MR) is 81.0 cm³/mol. The largest absolute Gasteiger partial charge is 0.495 e. The highest BCUT2D eigenvalue weighted by Crippen LogP contribution is 2.25. The second-order valence-corrected chi connectivity index (χ2v) is 5.69. The van der Waals surface area contributed by atoms with Gasteiger partial charge in [-0.15, -0.1) is 0 Å². The van der Waals surface area contributed by atoms with Gasteiger partial charge in [0.25, 0.3) is 0 Å². The standard InChI is InChI=1S/C15H19ClN2O3/c1-18(9-15(20)17-11-4-5-11)8-13(19)10-3-6-14(21-2)12(16)7-10/h3,6-7,11H,4-5,8-9H2,1-2H3,(H,17,20). The van der Waals surface area contributed by atoms with Crippen molar-refractivity contribution in [2.75, 3.05) is 27.2 Å². The van der Waals surface area contributed by atoms with Crippen LogP contribution in [0.3, 0.4) is 0 Å². The van der Waals surface area contributed by atoms with Gasteiger partial charge in [0.1, 0.15) is 5.75 Å². The number of amides is 1. The second kappa shape index (κ2) is 6.91. The molecule has 5 nitrogen and oxygen atoms in total. The van der Waals surface area contributed by atoms with E-state index in [9.17, 15) is 9.59 Å². The average molecular weight is 311 g/mol. The third-order valence-electron chi connectivity index (χ3n) is 3.24. The van der Waals surface area contributed by atoms with E-state index in [0.29, 0.717) is 22.4 Å². The Bertz CT molecular complexity index is 544. The van der Waals surface area contributed by atoms with Crippen LogP contribution in [0.2, 0.25) is 5.02 Å². The number of rotatable bonds is 7. The van der Waals surface area contributed by atoms with Crippen molar-refractivity contribution in [2.24, 2.45) is 0 Å². The fraction of sp³-hybridized carbons (Fsp3) is 0.467. The Morgan fingerprint density at radius 1 is 1.38 bits per heavy atom. The molecule has 1 saturated carbocycles. The van der Waals surface area contributed by atoms with E-state index in [1.165, 1.54) is 7.11 Å². The zero-order chi connectivity index (χ0) is 15.4. The van der Waals surface area contributed by atoms with Gasteiger partial charge in [-0.05, 0) is 38.1 Å². The van der Waals surface area contributed by atoms with Crippen LogP contribution in [0.1, 0.15) is 23.2 Å². The predicted octanol–water partition coefficient (Wildman–Crippen LogP) is 1.74. The molecule has 0 saturated heterocycles. The van der Waals surface area contributed by atoms with Crippen molar-refractivity contribution in [1.29, 1.82) is 0 Å². The molecule has 1 aromatic carbocycles. The lowest BCUT2D eigenvalue weighted by Crippen LogP contribution is -2.38. The highest BCUT2D eigenvalue weighted by molar-refractivity contribution is 6.32. The maximum absolute atomic E-state index is 12.2. The summed E-state index contributed by atoms with van der Waals surface area (Å²) in [6.45, 7) is 0.382. The first-order valence-corrected chi connectivity index (χ1v) is 7.22. The minimum absolute atomic E-state index is 0.0411. The molecule has 1 amide bonds. The number of ketones is 1. The lowest BCUT2D eigenvalue weighted by molar-refractivity contribution is -0.121. The fourth-order valence-electron chi connectivity index (χ4n) is 1.98. The molecule has 0 unspecified atom stereocenters. The highest BCUT2D eigenvalue weighted by Gasteiger charge is 2.23. The number of Topliss-reactive ketones (excluding diaryl/α,β-unsaturated/α-hetero) is 1. The van der Waals surface area contributed by atoms with E-state index in [-0.39, 0.29) is 24.8 Å². The van der Waals surface area contributed by atoms with Gasteiger partial charge in [-0.2, -0.15) is 0 Å². The van der Waals surface area contributed by atoms with Gasteiger partial charge in [-0.1, -0.05) is 11.6 Å². The zero-order valence-corrected chi connectivity index (χ0v) is 12.9. The van der Waals surface area contributed by atoms with Crippen molar-refractivity contribution >= 4 is 23.3 Å². The summed E-state index contributed by atoms with van der Waals surface area (Å²) in [7, 11) is 3.27. The lowest BCUT2D eigenvalue weighted by Gasteiger charge is -2.15. The molecular weight excluding hydrogens is 292 g/mol. The number of halogens is 1. The van der Waals surface area contributed by atoms with Crippen molar-refractivity contribution in [1.82, 2.24) is 10.2 Å². The Morgan fingerprint density at radius 2 is 2.10 bits per heavy atom. The molecule has 0 aromatic heterocycles. The number of nitrogens with one attached hydrogen (secondary N) is 1. The van der Waals surface area contributed by atoms with Gasteiger partial charge in [0.15, 0.2) is 5.78 Å². The van der Waals surface area contributed by atoms with Crippen molar-refractivity contribution in [3.8, 4) is 5.75 Å². The van der Waals surface area contributed by atoms with Crippen LogP contribution >= 0.6 is 11.6 Å². The van der Waals surface area contributed by atoms with Gasteiger partial charge in [0, 0.05) is 11.6 Å². The van der Waals surface area contributed by atoms with Crippen LogP contribution in [0.4, 0.5) is 0 Å². The summed E-state index contributed by atoms with van der Waals surface area (Å²) in [5, 5.41) is 3.29. The number of nitrogens with zero attached hydrogens (tertiary/aromatic N) is 1. The molecule has 0 atom stereocenters. The van der Waals surface area contributed by atoms with E-state index in [2.05, 4.69) is 5.32 Å². The van der Waals surface area contributed by atoms with Gasteiger partial charge in [0.2, 0.25) is 5.91 Å². The Morgan fingerprint density at radius 3 is 2.67 bits per heavy atom. The molecule has 6 heteroatoms. The minimum atomic E-state index is -0.0822. The summed E-state index contributed by atoms with van der Waals surface area (Å²) in [4.78, 5) is 25.5. The summed E-state index contributed by atoms with van der Waals surface area (Å²) in [5.41, 5.74) is 0.509. The SMILES string of the molecule is COc1ccc(C(=O)CN(C)CC(=O)NC2CC2)cc1Cl. The van der Waals surface area contributed by atoms with Gasteiger partial charge in [-0.25, -0.2) is 0 Å². The Balaban J connectivity index is 1.87. The summed E-state index contributed by atoms with van der Waals surface area (Å²) in [6.07, 6.45) is 2.11. The molecule has 0 heterocycles. The van der Waals surface area contributed by atoms with Crippen LogP contribution in [-0.4, -0.2) is 49.9 Å². The van der Waals surface area contributed by atoms with Gasteiger partial charge in [0.05, 0.1) is 25.2 Å². The number of benzene rings is 1. The molecule has 0 aliphatic heterocycles. The van der Waals surface area contributed by atoms with Crippen molar-refractivity contribution in [3.63, 3.8) is 0 Å². The topological polar surface area (TPSA) is 58.6 Å². The van der Waals surface area contributed by atoms with E-state index in [1.807, 2.05) is 0 Å². The molecule has 1 aliphatic rings. The number of ether oxygens (including phenoxy) is 1. The van der Waals surface area contributed by atoms with Crippen molar-refractivity contribution in [3.05, 3.63) is 28.8 Å². The third kappa shape index (κ3) is 4.72. The molecule has 2 rings (SSSR count). The second-order valence-electron chi connectivity index (χ2n) is 5.29. The van der Waals surface area contributed by atoms with Crippen LogP contribution in [0, 0.1) is 0 Å². The third-order valence-corrected chi connectivity index (χ3v) is 3.54. The first kappa shape index (κ1) is 15.8. The van der Waals surface area contributed by atoms with E-state index < -0.39 is 0 Å². The summed E-state index contributed by atoms with van der Waals surface area (Å²) >= 11 is 6.00. The fourth-order valence-corrected chi connectivity index (χ4v) is 2.24. The monoisotopic (exact) mass is 310 g/mol. The Hall–Kier alpha value is -1.59. The molecule has 1 aromatic rings. The summed E-state index contributed by atoms with van der Waals surface area (Å²) in [6, 6.07) is 5.25. The average Bonchev–Trinajstić information content (AvgIpc) is 3.21. The van der Waals surface area contributed by atoms with Crippen LogP contribution < -0.4 is 10.1 Å². The first-order chi connectivity index (χ1) is 9.99. The smallest absolute Gasteiger partial charge is 0.234 e. The molecule has 114 valence electrons. The molecule has 0 spiro atoms. The number of carbonyl (C=O) groups is 2. The number of hydrogen-bond donors (Lipinski definition) is 1. The van der Waals surface area contributed by atoms with Crippen LogP contribution in [0.25, 0.3) is 0 Å². The van der Waals surface area contributed by atoms with Gasteiger partial charge in [-0.3, -0.25) is 14.5 Å². The van der Waals surface area contributed by atoms with E-state index in [0.717, 1.165) is 12.8 Å². The molecule has 1 aliphatic carbocycles. The van der Waals surface area contributed by atoms with Crippen LogP contribution in [-0.2, 0) is 4.79 Å². The maximum Gasteiger partial charge on any atom is 0.234 e. The minimum Gasteiger partial charge on any atom is -0.495 e. The number of likely N-dealkylation sites (N-methyl/N-ethyl adjacent to an activating group) is 1. The van der Waals surface area contributed by atoms with Crippen LogP contribution in [0.15, 0.2) is 18.2 Å². The van der Waals surface area contributed by atoms with Crippen molar-refractivity contribution < 1.29 is 14.3 Å². The first-order valence-electron chi connectivity index (χ1n) is 6.84. The normalized spacial score (nSPS) is 14.1. The quantitative estimate of drug-likeness (QED) is 0.779. The molecule has 1 N–H and O–H groups in total. The number of methoxy groups -OCH3 is 1. The van der Waals surface area contributed by atoms with Crippen LogP contribution in [0.5, 0.6) is 5.75 Å². The van der Waals surface area contributed by atoms with Gasteiger partial charge >= 0.3 is 0 Å². The van der Waals surface area contributed by atoms with Crippen molar-refractivity contribution in [2.45, 2.75) is 18.9 Å². The molecule has 1 fully saturated rings. The van der Waals surface area contributed by atoms with E-state index in [1.54, 1.807) is 30.1 Å². The Kier molecular flexibility index (Phi) is 5.20. The van der Waals surface area contributed by atoms with Gasteiger partial charge < -0.3 is 10.1 Å². The summed E-state index contributed by atoms with van der Waals surface area (Å²) < 4.78 is 5.05. The summed E-state index contributed by atoms with van der Waals surface area (Å²) in [5.74, 6) is 0.409. The molecule has 0 bridgehead atoms. The lowest BCUT2D eigenvalue weighted by atomic mass is 10.1. The molecular formula is C15H19ClN2O3. The maximum atomic E-state index is 12.2. The van der Waals surface area contributed by atoms with E-state index in [4.69, 9.17) is 16.3 Å². The molecule has 21 heavy (non-hydrogen) atoms.